The van der Waals surface area contributed by atoms with Gasteiger partial charge in [0.15, 0.2) is 16.3 Å². The van der Waals surface area contributed by atoms with Crippen molar-refractivity contribution in [2.75, 3.05) is 19.2 Å². The van der Waals surface area contributed by atoms with Gasteiger partial charge >= 0.3 is 0 Å². The lowest BCUT2D eigenvalue weighted by Crippen LogP contribution is -2.40. The number of carbonyl (C=O) groups is 1. The molecule has 1 aromatic heterocycles. The van der Waals surface area contributed by atoms with Crippen molar-refractivity contribution in [2.45, 2.75) is 13.0 Å². The number of rotatable bonds is 5. The van der Waals surface area contributed by atoms with Gasteiger partial charge in [-0.3, -0.25) is 14.2 Å². The fourth-order valence-electron chi connectivity index (χ4n) is 4.62. The highest BCUT2D eigenvalue weighted by Gasteiger charge is 2.32. The summed E-state index contributed by atoms with van der Waals surface area (Å²) < 4.78 is 19.1. The molecule has 0 fully saturated rings. The van der Waals surface area contributed by atoms with E-state index in [4.69, 9.17) is 19.2 Å². The number of fused-ring (bicyclic) bond motifs is 2. The lowest BCUT2D eigenvalue weighted by Gasteiger charge is -2.25. The molecular formula is C29H22BrN3O5S. The Balaban J connectivity index is 1.50. The summed E-state index contributed by atoms with van der Waals surface area (Å²) >= 11 is 4.84. The molecule has 1 atom stereocenters. The number of benzene rings is 3. The number of nitrogens with zero attached hydrogens (tertiary/aromatic N) is 2. The van der Waals surface area contributed by atoms with Crippen LogP contribution in [0, 0.1) is 0 Å². The fraction of sp³-hybridized carbons (Fsp3) is 0.138. The van der Waals surface area contributed by atoms with Crippen molar-refractivity contribution in [3.8, 4) is 17.2 Å². The van der Waals surface area contributed by atoms with E-state index in [1.54, 1.807) is 24.7 Å². The Labute approximate surface area is 235 Å². The average Bonchev–Trinajstić information content (AvgIpc) is 3.51. The van der Waals surface area contributed by atoms with Gasteiger partial charge in [0.25, 0.3) is 11.5 Å². The smallest absolute Gasteiger partial charge is 0.271 e. The number of para-hydroxylation sites is 1. The zero-order valence-corrected chi connectivity index (χ0v) is 23.3. The van der Waals surface area contributed by atoms with Crippen LogP contribution in [0.5, 0.6) is 17.2 Å². The Morgan fingerprint density at radius 1 is 1.13 bits per heavy atom. The molecule has 4 aromatic rings. The van der Waals surface area contributed by atoms with Gasteiger partial charge in [0, 0.05) is 10.2 Å². The highest BCUT2D eigenvalue weighted by molar-refractivity contribution is 9.10. The highest BCUT2D eigenvalue weighted by Crippen LogP contribution is 2.37. The third-order valence-corrected chi connectivity index (χ3v) is 8.18. The van der Waals surface area contributed by atoms with Crippen LogP contribution in [0.4, 0.5) is 5.69 Å². The maximum atomic E-state index is 13.9. The predicted octanol–water partition coefficient (Wildman–Crippen LogP) is 4.37. The summed E-state index contributed by atoms with van der Waals surface area (Å²) in [5, 5.41) is 2.96. The molecule has 10 heteroatoms. The number of aromatic nitrogens is 1. The molecule has 0 unspecified atom stereocenters. The van der Waals surface area contributed by atoms with Crippen molar-refractivity contribution in [1.82, 2.24) is 4.57 Å². The summed E-state index contributed by atoms with van der Waals surface area (Å²) in [4.78, 5) is 32.8. The van der Waals surface area contributed by atoms with Crippen molar-refractivity contribution < 1.29 is 19.0 Å². The molecule has 8 nitrogen and oxygen atoms in total. The van der Waals surface area contributed by atoms with Crippen LogP contribution in [-0.4, -0.2) is 24.4 Å². The number of nitrogens with one attached hydrogen (secondary N) is 1. The zero-order valence-electron chi connectivity index (χ0n) is 20.9. The second-order valence-electron chi connectivity index (χ2n) is 8.90. The van der Waals surface area contributed by atoms with E-state index in [-0.39, 0.29) is 18.3 Å². The van der Waals surface area contributed by atoms with E-state index in [0.717, 1.165) is 15.6 Å². The van der Waals surface area contributed by atoms with Gasteiger partial charge < -0.3 is 19.5 Å². The van der Waals surface area contributed by atoms with E-state index in [1.165, 1.54) is 11.3 Å². The van der Waals surface area contributed by atoms with Crippen LogP contribution < -0.4 is 34.4 Å². The predicted molar refractivity (Wildman–Crippen MR) is 152 cm³/mol. The molecule has 2 aliphatic heterocycles. The maximum Gasteiger partial charge on any atom is 0.271 e. The van der Waals surface area contributed by atoms with E-state index < -0.39 is 6.04 Å². The second kappa shape index (κ2) is 10.2. The third-order valence-electron chi connectivity index (χ3n) is 6.51. The van der Waals surface area contributed by atoms with Crippen LogP contribution in [0.1, 0.15) is 24.1 Å². The van der Waals surface area contributed by atoms with Gasteiger partial charge in [-0.15, -0.1) is 0 Å². The van der Waals surface area contributed by atoms with Gasteiger partial charge in [-0.2, -0.15) is 0 Å². The average molecular weight is 604 g/mol. The first-order valence-corrected chi connectivity index (χ1v) is 13.7. The number of hydrogen-bond donors (Lipinski definition) is 1. The monoisotopic (exact) mass is 603 g/mol. The first-order chi connectivity index (χ1) is 18.9. The largest absolute Gasteiger partial charge is 0.497 e. The molecular weight excluding hydrogens is 582 g/mol. The molecule has 1 amide bonds. The summed E-state index contributed by atoms with van der Waals surface area (Å²) in [5.74, 6) is 1.61. The summed E-state index contributed by atoms with van der Waals surface area (Å²) in [6.45, 7) is 1.95. The first-order valence-electron chi connectivity index (χ1n) is 12.0. The van der Waals surface area contributed by atoms with Crippen LogP contribution in [0.3, 0.4) is 0 Å². The topological polar surface area (TPSA) is 91.2 Å². The van der Waals surface area contributed by atoms with E-state index in [2.05, 4.69) is 21.2 Å². The SMILES string of the molecule is COc1ccc([C@H]2C(C(=O)Nc3ccccc3)=C(C)N=c3s/c(=C/c4cc5c(cc4Br)OCO5)c(=O)n32)cc1. The highest BCUT2D eigenvalue weighted by atomic mass is 79.9. The van der Waals surface area contributed by atoms with Crippen molar-refractivity contribution in [3.63, 3.8) is 0 Å². The number of carbonyl (C=O) groups excluding carboxylic acids is 1. The van der Waals surface area contributed by atoms with Crippen LogP contribution in [0.25, 0.3) is 6.08 Å². The molecule has 3 heterocycles. The summed E-state index contributed by atoms with van der Waals surface area (Å²) in [7, 11) is 1.59. The van der Waals surface area contributed by atoms with Crippen LogP contribution in [0.15, 0.2) is 92.3 Å². The van der Waals surface area contributed by atoms with Crippen LogP contribution in [-0.2, 0) is 4.79 Å². The summed E-state index contributed by atoms with van der Waals surface area (Å²) in [6, 6.07) is 19.5. The molecule has 0 aliphatic carbocycles. The van der Waals surface area contributed by atoms with Gasteiger partial charge in [-0.05, 0) is 60.5 Å². The number of amides is 1. The minimum atomic E-state index is -0.682. The Kier molecular flexibility index (Phi) is 6.58. The van der Waals surface area contributed by atoms with Gasteiger partial charge in [-0.1, -0.05) is 57.6 Å². The van der Waals surface area contributed by atoms with Crippen molar-refractivity contribution in [3.05, 3.63) is 113 Å². The molecule has 3 aromatic carbocycles. The lowest BCUT2D eigenvalue weighted by molar-refractivity contribution is -0.113. The molecule has 1 N–H and O–H groups in total. The molecule has 6 rings (SSSR count). The number of allylic oxidation sites excluding steroid dienone is 1. The van der Waals surface area contributed by atoms with E-state index in [9.17, 15) is 9.59 Å². The molecule has 0 saturated carbocycles. The molecule has 0 saturated heterocycles. The number of halogens is 1. The van der Waals surface area contributed by atoms with Crippen LogP contribution in [0.2, 0.25) is 0 Å². The lowest BCUT2D eigenvalue weighted by atomic mass is 9.95. The Morgan fingerprint density at radius 3 is 2.56 bits per heavy atom. The van der Waals surface area contributed by atoms with Gasteiger partial charge in [0.1, 0.15) is 5.75 Å². The molecule has 196 valence electrons. The van der Waals surface area contributed by atoms with Gasteiger partial charge in [-0.25, -0.2) is 4.99 Å². The van der Waals surface area contributed by atoms with E-state index >= 15 is 0 Å². The molecule has 0 bridgehead atoms. The standard InChI is InChI=1S/C29H22BrN3O5S/c1-16-25(27(34)32-19-6-4-3-5-7-19)26(17-8-10-20(36-2)11-9-17)33-28(35)24(39-29(33)31-16)13-18-12-22-23(14-21(18)30)38-15-37-22/h3-14,26H,15H2,1-2H3,(H,32,34)/b24-13+/t26-/m0/s1. The number of anilines is 1. The first kappa shape index (κ1) is 25.1. The zero-order chi connectivity index (χ0) is 27.1. The normalized spacial score (nSPS) is 16.1. The van der Waals surface area contributed by atoms with Crippen LogP contribution >= 0.6 is 27.3 Å². The minimum absolute atomic E-state index is 0.155. The molecule has 39 heavy (non-hydrogen) atoms. The number of ether oxygens (including phenoxy) is 3. The summed E-state index contributed by atoms with van der Waals surface area (Å²) in [6.07, 6.45) is 1.80. The quantitative estimate of drug-likeness (QED) is 0.366. The molecule has 2 aliphatic rings. The van der Waals surface area contributed by atoms with Crippen molar-refractivity contribution in [1.29, 1.82) is 0 Å². The molecule has 0 radical (unpaired) electrons. The van der Waals surface area contributed by atoms with Crippen molar-refractivity contribution in [2.24, 2.45) is 4.99 Å². The second-order valence-corrected chi connectivity index (χ2v) is 10.8. The van der Waals surface area contributed by atoms with Gasteiger partial charge in [0.2, 0.25) is 6.79 Å². The number of thiazole rings is 1. The van der Waals surface area contributed by atoms with E-state index in [1.807, 2.05) is 66.7 Å². The van der Waals surface area contributed by atoms with Crippen molar-refractivity contribution >= 4 is 44.9 Å². The summed E-state index contributed by atoms with van der Waals surface area (Å²) in [5.41, 5.74) is 2.88. The third kappa shape index (κ3) is 4.66. The minimum Gasteiger partial charge on any atom is -0.497 e. The Morgan fingerprint density at radius 2 is 1.85 bits per heavy atom. The number of hydrogen-bond acceptors (Lipinski definition) is 7. The Hall–Kier alpha value is -4.15. The van der Waals surface area contributed by atoms with Gasteiger partial charge in [0.05, 0.1) is 29.0 Å². The van der Waals surface area contributed by atoms with E-state index in [0.29, 0.717) is 43.5 Å². The fourth-order valence-corrected chi connectivity index (χ4v) is 6.09. The maximum absolute atomic E-state index is 13.9. The molecule has 0 spiro atoms. The number of methoxy groups -OCH3 is 1. The Bertz CT molecular complexity index is 1810.